The largest absolute Gasteiger partial charge is 0.282 e. The van der Waals surface area contributed by atoms with Crippen molar-refractivity contribution < 1.29 is 0 Å². The standard InChI is InChI=1S/C17H19BrN4S2/c1-12-4-6-15(13(2)8-12)21-10-19-22(17(21)23)11-20(3)9-14-5-7-16(18)24-14/h4-8,10H,9,11H2,1-3H3. The van der Waals surface area contributed by atoms with Crippen LogP contribution in [0.3, 0.4) is 0 Å². The molecule has 0 spiro atoms. The summed E-state index contributed by atoms with van der Waals surface area (Å²) in [6.07, 6.45) is 1.80. The molecule has 0 saturated heterocycles. The van der Waals surface area contributed by atoms with Gasteiger partial charge in [0.15, 0.2) is 0 Å². The van der Waals surface area contributed by atoms with Crippen molar-refractivity contribution in [2.75, 3.05) is 7.05 Å². The maximum atomic E-state index is 5.62. The van der Waals surface area contributed by atoms with Gasteiger partial charge in [0.2, 0.25) is 4.77 Å². The lowest BCUT2D eigenvalue weighted by Gasteiger charge is -2.15. The average molecular weight is 423 g/mol. The highest BCUT2D eigenvalue weighted by atomic mass is 79.9. The smallest absolute Gasteiger partial charge is 0.203 e. The van der Waals surface area contributed by atoms with Crippen molar-refractivity contribution in [3.05, 3.63) is 61.2 Å². The molecule has 2 aromatic heterocycles. The van der Waals surface area contributed by atoms with Crippen LogP contribution in [0.15, 0.2) is 40.4 Å². The summed E-state index contributed by atoms with van der Waals surface area (Å²) >= 11 is 10.9. The van der Waals surface area contributed by atoms with E-state index in [1.54, 1.807) is 17.7 Å². The number of benzene rings is 1. The minimum absolute atomic E-state index is 0.659. The quantitative estimate of drug-likeness (QED) is 0.544. The Hall–Kier alpha value is -1.28. The minimum atomic E-state index is 0.659. The second kappa shape index (κ2) is 7.31. The number of aromatic nitrogens is 3. The van der Waals surface area contributed by atoms with E-state index in [1.165, 1.54) is 16.0 Å². The Morgan fingerprint density at radius 3 is 2.71 bits per heavy atom. The molecule has 126 valence electrons. The molecule has 7 heteroatoms. The molecule has 0 atom stereocenters. The highest BCUT2D eigenvalue weighted by Gasteiger charge is 2.09. The lowest BCUT2D eigenvalue weighted by molar-refractivity contribution is 0.246. The number of halogens is 1. The van der Waals surface area contributed by atoms with Gasteiger partial charge in [0, 0.05) is 11.4 Å². The summed E-state index contributed by atoms with van der Waals surface area (Å²) in [5.74, 6) is 0. The molecule has 3 aromatic rings. The van der Waals surface area contributed by atoms with E-state index in [4.69, 9.17) is 12.2 Å². The van der Waals surface area contributed by atoms with Crippen molar-refractivity contribution >= 4 is 39.5 Å². The van der Waals surface area contributed by atoms with Crippen molar-refractivity contribution in [2.45, 2.75) is 27.1 Å². The molecule has 2 heterocycles. The maximum Gasteiger partial charge on any atom is 0.203 e. The van der Waals surface area contributed by atoms with E-state index in [1.807, 2.05) is 9.25 Å². The zero-order chi connectivity index (χ0) is 17.3. The third-order valence-electron chi connectivity index (χ3n) is 3.78. The number of hydrogen-bond acceptors (Lipinski definition) is 4. The molecular formula is C17H19BrN4S2. The van der Waals surface area contributed by atoms with Crippen molar-refractivity contribution in [2.24, 2.45) is 0 Å². The summed E-state index contributed by atoms with van der Waals surface area (Å²) < 4.78 is 5.69. The van der Waals surface area contributed by atoms with Gasteiger partial charge in [-0.2, -0.15) is 5.10 Å². The fourth-order valence-electron chi connectivity index (χ4n) is 2.66. The second-order valence-corrected chi connectivity index (χ2v) is 8.85. The van der Waals surface area contributed by atoms with E-state index in [-0.39, 0.29) is 0 Å². The number of thiophene rings is 1. The first-order valence-corrected chi connectivity index (χ1v) is 9.60. The molecule has 0 unspecified atom stereocenters. The molecule has 0 aliphatic carbocycles. The van der Waals surface area contributed by atoms with E-state index in [2.05, 4.69) is 77.2 Å². The second-order valence-electron chi connectivity index (χ2n) is 5.93. The van der Waals surface area contributed by atoms with Gasteiger partial charge in [-0.15, -0.1) is 11.3 Å². The Kier molecular flexibility index (Phi) is 5.34. The van der Waals surface area contributed by atoms with Crippen LogP contribution in [0, 0.1) is 18.6 Å². The van der Waals surface area contributed by atoms with Gasteiger partial charge in [-0.05, 0) is 72.8 Å². The number of rotatable bonds is 5. The summed E-state index contributed by atoms with van der Waals surface area (Å²) in [6.45, 7) is 5.72. The molecule has 4 nitrogen and oxygen atoms in total. The first-order valence-electron chi connectivity index (χ1n) is 7.59. The molecule has 0 radical (unpaired) electrons. The van der Waals surface area contributed by atoms with Gasteiger partial charge < -0.3 is 0 Å². The predicted molar refractivity (Wildman–Crippen MR) is 105 cm³/mol. The predicted octanol–water partition coefficient (Wildman–Crippen LogP) is 4.93. The van der Waals surface area contributed by atoms with E-state index in [0.29, 0.717) is 11.4 Å². The van der Waals surface area contributed by atoms with Crippen molar-refractivity contribution in [1.29, 1.82) is 0 Å². The van der Waals surface area contributed by atoms with E-state index < -0.39 is 0 Å². The van der Waals surface area contributed by atoms with Crippen LogP contribution in [0.4, 0.5) is 0 Å². The summed E-state index contributed by atoms with van der Waals surface area (Å²) in [5.41, 5.74) is 3.53. The van der Waals surface area contributed by atoms with Crippen molar-refractivity contribution in [1.82, 2.24) is 19.2 Å². The molecule has 0 amide bonds. The third-order valence-corrected chi connectivity index (χ3v) is 5.79. The monoisotopic (exact) mass is 422 g/mol. The van der Waals surface area contributed by atoms with Gasteiger partial charge in [0.25, 0.3) is 0 Å². The van der Waals surface area contributed by atoms with Gasteiger partial charge in [-0.25, -0.2) is 4.68 Å². The third kappa shape index (κ3) is 3.85. The van der Waals surface area contributed by atoms with Gasteiger partial charge in [0.1, 0.15) is 6.33 Å². The highest BCUT2D eigenvalue weighted by molar-refractivity contribution is 9.11. The van der Waals surface area contributed by atoms with Crippen molar-refractivity contribution in [3.8, 4) is 5.69 Å². The number of aryl methyl sites for hydroxylation is 2. The normalized spacial score (nSPS) is 11.4. The lowest BCUT2D eigenvalue weighted by atomic mass is 10.1. The topological polar surface area (TPSA) is 26.0 Å². The lowest BCUT2D eigenvalue weighted by Crippen LogP contribution is -2.22. The SMILES string of the molecule is Cc1ccc(-n2cnn(CN(C)Cc3ccc(Br)s3)c2=S)c(C)c1. The molecule has 1 aromatic carbocycles. The zero-order valence-electron chi connectivity index (χ0n) is 13.9. The Morgan fingerprint density at radius 1 is 1.25 bits per heavy atom. The Bertz CT molecular complexity index is 909. The molecule has 24 heavy (non-hydrogen) atoms. The van der Waals surface area contributed by atoms with Gasteiger partial charge in [-0.1, -0.05) is 17.7 Å². The fourth-order valence-corrected chi connectivity index (χ4v) is 4.47. The van der Waals surface area contributed by atoms with E-state index >= 15 is 0 Å². The Labute approximate surface area is 159 Å². The molecule has 0 aliphatic rings. The highest BCUT2D eigenvalue weighted by Crippen LogP contribution is 2.23. The first kappa shape index (κ1) is 17.5. The average Bonchev–Trinajstić information content (AvgIpc) is 3.07. The molecular weight excluding hydrogens is 404 g/mol. The molecule has 3 rings (SSSR count). The van der Waals surface area contributed by atoms with E-state index in [9.17, 15) is 0 Å². The minimum Gasteiger partial charge on any atom is -0.282 e. The number of nitrogens with zero attached hydrogens (tertiary/aromatic N) is 4. The van der Waals surface area contributed by atoms with E-state index in [0.717, 1.165) is 16.0 Å². The van der Waals surface area contributed by atoms with Gasteiger partial charge in [-0.3, -0.25) is 9.47 Å². The van der Waals surface area contributed by atoms with Crippen LogP contribution in [0.1, 0.15) is 16.0 Å². The summed E-state index contributed by atoms with van der Waals surface area (Å²) in [7, 11) is 2.07. The Balaban J connectivity index is 1.78. The fraction of sp³-hybridized carbons (Fsp3) is 0.294. The summed E-state index contributed by atoms with van der Waals surface area (Å²) in [6, 6.07) is 10.6. The molecule has 0 bridgehead atoms. The molecule has 0 saturated carbocycles. The van der Waals surface area contributed by atoms with Crippen molar-refractivity contribution in [3.63, 3.8) is 0 Å². The summed E-state index contributed by atoms with van der Waals surface area (Å²) in [5, 5.41) is 4.47. The maximum absolute atomic E-state index is 5.62. The summed E-state index contributed by atoms with van der Waals surface area (Å²) in [4.78, 5) is 3.51. The van der Waals surface area contributed by atoms with Crippen LogP contribution < -0.4 is 0 Å². The number of hydrogen-bond donors (Lipinski definition) is 0. The van der Waals surface area contributed by atoms with Gasteiger partial charge in [0.05, 0.1) is 16.1 Å². The van der Waals surface area contributed by atoms with Gasteiger partial charge >= 0.3 is 0 Å². The zero-order valence-corrected chi connectivity index (χ0v) is 17.1. The van der Waals surface area contributed by atoms with Crippen LogP contribution in [-0.4, -0.2) is 26.3 Å². The van der Waals surface area contributed by atoms with Crippen LogP contribution in [0.25, 0.3) is 5.69 Å². The molecule has 0 fully saturated rings. The van der Waals surface area contributed by atoms with Crippen LogP contribution in [0.5, 0.6) is 0 Å². The van der Waals surface area contributed by atoms with Crippen LogP contribution in [-0.2, 0) is 13.2 Å². The first-order chi connectivity index (χ1) is 11.4. The van der Waals surface area contributed by atoms with Crippen LogP contribution in [0.2, 0.25) is 0 Å². The Morgan fingerprint density at radius 2 is 2.04 bits per heavy atom. The molecule has 0 N–H and O–H groups in total. The van der Waals surface area contributed by atoms with Crippen LogP contribution >= 0.6 is 39.5 Å². The molecule has 0 aliphatic heterocycles.